The molecule has 0 aliphatic carbocycles. The number of nitrogens with zero attached hydrogens (tertiary/aromatic N) is 3. The molecule has 0 saturated carbocycles. The Morgan fingerprint density at radius 2 is 2.10 bits per heavy atom. The monoisotopic (exact) mass is 271 g/mol. The van der Waals surface area contributed by atoms with Crippen molar-refractivity contribution in [3.63, 3.8) is 0 Å². The summed E-state index contributed by atoms with van der Waals surface area (Å²) in [5.74, 6) is -0.0178. The number of hydrogen-bond acceptors (Lipinski definition) is 3. The first kappa shape index (κ1) is 12.9. The summed E-state index contributed by atoms with van der Waals surface area (Å²) in [6.07, 6.45) is 4.82. The van der Waals surface area contributed by atoms with Crippen LogP contribution in [0, 0.1) is 0 Å². The predicted octanol–water partition coefficient (Wildman–Crippen LogP) is 1.47. The van der Waals surface area contributed by atoms with E-state index >= 15 is 0 Å². The molecular weight excluding hydrogens is 254 g/mol. The van der Waals surface area contributed by atoms with Gasteiger partial charge in [-0.1, -0.05) is 0 Å². The minimum absolute atomic E-state index is 0.0178. The molecule has 1 atom stereocenters. The van der Waals surface area contributed by atoms with Crippen LogP contribution in [0.25, 0.3) is 5.69 Å². The Kier molecular flexibility index (Phi) is 3.52. The number of carbonyl (C=O) groups is 1. The normalized spacial score (nSPS) is 19.1. The van der Waals surface area contributed by atoms with Gasteiger partial charge in [0.2, 0.25) is 0 Å². The molecule has 2 heterocycles. The van der Waals surface area contributed by atoms with Crippen LogP contribution in [0.3, 0.4) is 0 Å². The number of piperidine rings is 1. The van der Waals surface area contributed by atoms with E-state index in [1.807, 2.05) is 24.4 Å². The van der Waals surface area contributed by atoms with Crippen LogP contribution in [0.1, 0.15) is 23.2 Å². The van der Waals surface area contributed by atoms with Crippen molar-refractivity contribution in [2.75, 3.05) is 13.1 Å². The molecule has 2 aromatic rings. The zero-order valence-electron chi connectivity index (χ0n) is 11.1. The molecule has 1 aliphatic rings. The van der Waals surface area contributed by atoms with E-state index in [1.165, 1.54) is 0 Å². The number of hydrogen-bond donors (Lipinski definition) is 1. The van der Waals surface area contributed by atoms with Crippen molar-refractivity contribution in [2.45, 2.75) is 18.9 Å². The van der Waals surface area contributed by atoms with Crippen molar-refractivity contribution in [3.05, 3.63) is 48.3 Å². The van der Waals surface area contributed by atoms with Gasteiger partial charge in [-0.15, -0.1) is 0 Å². The van der Waals surface area contributed by atoms with Gasteiger partial charge in [-0.2, -0.15) is 5.10 Å². The summed E-state index contributed by atoms with van der Waals surface area (Å²) >= 11 is 0. The van der Waals surface area contributed by atoms with Crippen molar-refractivity contribution < 1.29 is 9.90 Å². The van der Waals surface area contributed by atoms with Crippen LogP contribution in [-0.4, -0.2) is 44.9 Å². The quantitative estimate of drug-likeness (QED) is 0.900. The Labute approximate surface area is 117 Å². The Morgan fingerprint density at radius 3 is 2.75 bits per heavy atom. The minimum atomic E-state index is -0.393. The molecule has 20 heavy (non-hydrogen) atoms. The lowest BCUT2D eigenvalue weighted by molar-refractivity contribution is 0.0474. The van der Waals surface area contributed by atoms with E-state index in [9.17, 15) is 9.90 Å². The third kappa shape index (κ3) is 2.58. The second-order valence-corrected chi connectivity index (χ2v) is 5.04. The highest BCUT2D eigenvalue weighted by atomic mass is 16.3. The molecule has 1 aromatic heterocycles. The maximum atomic E-state index is 12.3. The van der Waals surface area contributed by atoms with Crippen molar-refractivity contribution in [1.82, 2.24) is 14.7 Å². The maximum absolute atomic E-state index is 12.3. The number of rotatable bonds is 2. The van der Waals surface area contributed by atoms with Crippen LogP contribution in [0.5, 0.6) is 0 Å². The molecule has 0 spiro atoms. The second-order valence-electron chi connectivity index (χ2n) is 5.04. The summed E-state index contributed by atoms with van der Waals surface area (Å²) in [6.45, 7) is 1.15. The Bertz CT molecular complexity index is 578. The zero-order chi connectivity index (χ0) is 13.9. The summed E-state index contributed by atoms with van der Waals surface area (Å²) < 4.78 is 1.75. The predicted molar refractivity (Wildman–Crippen MR) is 74.7 cm³/mol. The highest BCUT2D eigenvalue weighted by Gasteiger charge is 2.22. The lowest BCUT2D eigenvalue weighted by Crippen LogP contribution is -2.42. The molecule has 1 unspecified atom stereocenters. The number of benzene rings is 1. The van der Waals surface area contributed by atoms with Gasteiger partial charge in [0.1, 0.15) is 0 Å². The van der Waals surface area contributed by atoms with Gasteiger partial charge in [0.25, 0.3) is 5.91 Å². The molecular formula is C15H17N3O2. The van der Waals surface area contributed by atoms with E-state index in [1.54, 1.807) is 27.9 Å². The molecule has 1 fully saturated rings. The van der Waals surface area contributed by atoms with Crippen molar-refractivity contribution in [2.24, 2.45) is 0 Å². The molecule has 5 heteroatoms. The van der Waals surface area contributed by atoms with Gasteiger partial charge in [-0.25, -0.2) is 4.68 Å². The second kappa shape index (κ2) is 5.46. The minimum Gasteiger partial charge on any atom is -0.391 e. The lowest BCUT2D eigenvalue weighted by Gasteiger charge is -2.30. The average Bonchev–Trinajstić information content (AvgIpc) is 3.01. The summed E-state index contributed by atoms with van der Waals surface area (Å²) in [5.41, 5.74) is 1.57. The van der Waals surface area contributed by atoms with Crippen LogP contribution < -0.4 is 0 Å². The van der Waals surface area contributed by atoms with Gasteiger partial charge in [0, 0.05) is 31.0 Å². The van der Waals surface area contributed by atoms with E-state index in [4.69, 9.17) is 0 Å². The van der Waals surface area contributed by atoms with E-state index in [2.05, 4.69) is 5.10 Å². The molecule has 1 saturated heterocycles. The molecule has 1 aromatic carbocycles. The standard InChI is InChI=1S/C15H17N3O2/c19-14-3-1-9-17(11-14)15(20)12-4-6-13(7-5-12)18-10-2-8-16-18/h2,4-8,10,14,19H,1,3,9,11H2. The van der Waals surface area contributed by atoms with Crippen molar-refractivity contribution >= 4 is 5.91 Å². The summed E-state index contributed by atoms with van der Waals surface area (Å²) in [7, 11) is 0. The average molecular weight is 271 g/mol. The van der Waals surface area contributed by atoms with Gasteiger partial charge in [0.05, 0.1) is 11.8 Å². The number of amides is 1. The first-order chi connectivity index (χ1) is 9.74. The van der Waals surface area contributed by atoms with E-state index in [0.717, 1.165) is 25.1 Å². The van der Waals surface area contributed by atoms with Gasteiger partial charge >= 0.3 is 0 Å². The molecule has 3 rings (SSSR count). The molecule has 1 N–H and O–H groups in total. The van der Waals surface area contributed by atoms with Crippen LogP contribution in [0.4, 0.5) is 0 Å². The Morgan fingerprint density at radius 1 is 1.30 bits per heavy atom. The van der Waals surface area contributed by atoms with E-state index in [-0.39, 0.29) is 5.91 Å². The van der Waals surface area contributed by atoms with Crippen LogP contribution in [-0.2, 0) is 0 Å². The van der Waals surface area contributed by atoms with E-state index < -0.39 is 6.10 Å². The molecule has 0 radical (unpaired) electrons. The molecule has 104 valence electrons. The topological polar surface area (TPSA) is 58.4 Å². The van der Waals surface area contributed by atoms with Gasteiger partial charge in [-0.05, 0) is 43.2 Å². The number of carbonyl (C=O) groups excluding carboxylic acids is 1. The first-order valence-corrected chi connectivity index (χ1v) is 6.81. The van der Waals surface area contributed by atoms with Gasteiger partial charge in [0.15, 0.2) is 0 Å². The van der Waals surface area contributed by atoms with Crippen molar-refractivity contribution in [1.29, 1.82) is 0 Å². The fourth-order valence-corrected chi connectivity index (χ4v) is 2.50. The van der Waals surface area contributed by atoms with Gasteiger partial charge < -0.3 is 10.0 Å². The molecule has 1 aliphatic heterocycles. The maximum Gasteiger partial charge on any atom is 0.253 e. The highest BCUT2D eigenvalue weighted by molar-refractivity contribution is 5.94. The number of β-amino-alcohol motifs (C(OH)–C–C–N with tert-alkyl or cyclic N) is 1. The van der Waals surface area contributed by atoms with Crippen LogP contribution in [0.15, 0.2) is 42.7 Å². The highest BCUT2D eigenvalue weighted by Crippen LogP contribution is 2.15. The zero-order valence-corrected chi connectivity index (χ0v) is 11.1. The van der Waals surface area contributed by atoms with Crippen molar-refractivity contribution in [3.8, 4) is 5.69 Å². The molecule has 1 amide bonds. The Balaban J connectivity index is 1.75. The fourth-order valence-electron chi connectivity index (χ4n) is 2.50. The van der Waals surface area contributed by atoms with Crippen LogP contribution >= 0.6 is 0 Å². The number of aliphatic hydroxyl groups is 1. The first-order valence-electron chi connectivity index (χ1n) is 6.81. The summed E-state index contributed by atoms with van der Waals surface area (Å²) in [6, 6.07) is 9.22. The van der Waals surface area contributed by atoms with Gasteiger partial charge in [-0.3, -0.25) is 4.79 Å². The lowest BCUT2D eigenvalue weighted by atomic mass is 10.1. The summed E-state index contributed by atoms with van der Waals surface area (Å²) in [4.78, 5) is 14.1. The number of aromatic nitrogens is 2. The van der Waals surface area contributed by atoms with Crippen LogP contribution in [0.2, 0.25) is 0 Å². The largest absolute Gasteiger partial charge is 0.391 e. The fraction of sp³-hybridized carbons (Fsp3) is 0.333. The number of likely N-dealkylation sites (tertiary alicyclic amines) is 1. The third-order valence-corrected chi connectivity index (χ3v) is 3.57. The SMILES string of the molecule is O=C(c1ccc(-n2cccn2)cc1)N1CCCC(O)C1. The third-order valence-electron chi connectivity index (χ3n) is 3.57. The Hall–Kier alpha value is -2.14. The molecule has 0 bridgehead atoms. The summed E-state index contributed by atoms with van der Waals surface area (Å²) in [5, 5.41) is 13.8. The molecule has 5 nitrogen and oxygen atoms in total. The number of aliphatic hydroxyl groups excluding tert-OH is 1. The smallest absolute Gasteiger partial charge is 0.253 e. The van der Waals surface area contributed by atoms with E-state index in [0.29, 0.717) is 12.1 Å².